The van der Waals surface area contributed by atoms with E-state index in [2.05, 4.69) is 4.42 Å². The maximum atomic E-state index is 15.9. The van der Waals surface area contributed by atoms with Crippen LogP contribution in [0.4, 0.5) is 65.9 Å². The average molecular weight is 715 g/mol. The fraction of sp³-hybridized carbons (Fsp3) is 0.111. The standard InChI is InChI=1S/C27F15N3O4/c28-14-7(4(1-43)22(46)25(34,35)36)15(29)11-10(14)12-16(30)8(5(2-44)23(47)26(37,38)39)18(32)20(12)49-21-13(11)17(31)9(19(21)33)6(3-45)24(48)27(40,41)42/b7-4?,8-5-,9-6+. The summed E-state index contributed by atoms with van der Waals surface area (Å²) in [5.41, 5.74) is -12.0. The van der Waals surface area contributed by atoms with Gasteiger partial charge in [0.05, 0.1) is 26.4 Å². The Bertz CT molecular complexity index is 2410. The Hall–Kier alpha value is -6.11. The minimum Gasteiger partial charge on any atom is -0.450 e. The molecule has 0 N–H and O–H groups in total. The second-order valence-corrected chi connectivity index (χ2v) is 9.21. The quantitative estimate of drug-likeness (QED) is 0.281. The molecule has 0 spiro atoms. The number of nitriles is 3. The Morgan fingerprint density at radius 2 is 0.653 bits per heavy atom. The first-order valence-electron chi connectivity index (χ1n) is 11.8. The molecule has 1 heterocycles. The van der Waals surface area contributed by atoms with Crippen LogP contribution in [0.25, 0.3) is 49.4 Å². The lowest BCUT2D eigenvalue weighted by Gasteiger charge is -2.02. The second-order valence-electron chi connectivity index (χ2n) is 9.21. The van der Waals surface area contributed by atoms with E-state index >= 15 is 26.3 Å². The smallest absolute Gasteiger partial charge is 0.450 e. The van der Waals surface area contributed by atoms with E-state index in [-0.39, 0.29) is 0 Å². The van der Waals surface area contributed by atoms with Crippen molar-refractivity contribution in [1.29, 1.82) is 15.8 Å². The summed E-state index contributed by atoms with van der Waals surface area (Å²) in [7, 11) is 0. The molecule has 4 aromatic rings. The molecule has 1 aromatic heterocycles. The van der Waals surface area contributed by atoms with Crippen LogP contribution in [0.5, 0.6) is 0 Å². The van der Waals surface area contributed by atoms with E-state index in [1.165, 1.54) is 0 Å². The van der Waals surface area contributed by atoms with Gasteiger partial charge in [-0.05, 0) is 0 Å². The molecule has 7 nitrogen and oxygen atoms in total. The van der Waals surface area contributed by atoms with Gasteiger partial charge in [0.1, 0.15) is 58.2 Å². The van der Waals surface area contributed by atoms with Gasteiger partial charge in [0.15, 0.2) is 22.8 Å². The Morgan fingerprint density at radius 1 is 0.429 bits per heavy atom. The predicted octanol–water partition coefficient (Wildman–Crippen LogP) is 4.71. The van der Waals surface area contributed by atoms with E-state index in [0.29, 0.717) is 18.2 Å². The minimum absolute atomic E-state index is 0.426. The molecule has 0 saturated heterocycles. The van der Waals surface area contributed by atoms with Gasteiger partial charge in [-0.25, -0.2) is 26.3 Å². The molecule has 252 valence electrons. The summed E-state index contributed by atoms with van der Waals surface area (Å²) in [6.07, 6.45) is -18.3. The number of hydrogen-bond acceptors (Lipinski definition) is 7. The van der Waals surface area contributed by atoms with Crippen molar-refractivity contribution >= 4 is 66.8 Å². The molecule has 0 saturated carbocycles. The number of halogens is 15. The van der Waals surface area contributed by atoms with Crippen LogP contribution in [0.1, 0.15) is 0 Å². The fourth-order valence-electron chi connectivity index (χ4n) is 4.61. The molecule has 0 radical (unpaired) electrons. The van der Waals surface area contributed by atoms with Crippen LogP contribution in [-0.2, 0) is 14.4 Å². The third kappa shape index (κ3) is 5.14. The lowest BCUT2D eigenvalue weighted by molar-refractivity contribution is -0.164. The SMILES string of the molecule is N#CC(C(=O)C(F)(F)F)=c1c(F)c2c3c(F)/c(=C(\C#N)C(=O)C(F)(F)F)c(F)c3oc3c(F)/c(=C(\C#N)C(=O)C(F)(F)F)c(F)c3c2c1F. The van der Waals surface area contributed by atoms with Crippen molar-refractivity contribution in [2.24, 2.45) is 0 Å². The first-order chi connectivity index (χ1) is 22.4. The number of nitrogens with zero attached hydrogens (tertiary/aromatic N) is 3. The first-order valence-corrected chi connectivity index (χ1v) is 11.8. The van der Waals surface area contributed by atoms with E-state index in [9.17, 15) is 53.9 Å². The maximum Gasteiger partial charge on any atom is 0.455 e. The Kier molecular flexibility index (Phi) is 8.21. The van der Waals surface area contributed by atoms with Gasteiger partial charge < -0.3 is 4.42 Å². The summed E-state index contributed by atoms with van der Waals surface area (Å²) >= 11 is 0. The van der Waals surface area contributed by atoms with E-state index < -0.39 is 136 Å². The molecule has 22 heteroatoms. The van der Waals surface area contributed by atoms with Crippen molar-refractivity contribution in [2.75, 3.05) is 0 Å². The van der Waals surface area contributed by atoms with Gasteiger partial charge >= 0.3 is 18.5 Å². The summed E-state index contributed by atoms with van der Waals surface area (Å²) in [5, 5.41) is 11.4. The summed E-state index contributed by atoms with van der Waals surface area (Å²) < 4.78 is 217. The van der Waals surface area contributed by atoms with Crippen LogP contribution in [0.15, 0.2) is 4.42 Å². The van der Waals surface area contributed by atoms with E-state index in [4.69, 9.17) is 15.8 Å². The number of alkyl halides is 9. The monoisotopic (exact) mass is 715 g/mol. The molecular weight excluding hydrogens is 715 g/mol. The highest BCUT2D eigenvalue weighted by Gasteiger charge is 2.45. The molecule has 0 atom stereocenters. The van der Waals surface area contributed by atoms with Gasteiger partial charge in [0, 0.05) is 10.8 Å². The van der Waals surface area contributed by atoms with Gasteiger partial charge in [0.25, 0.3) is 17.3 Å². The lowest BCUT2D eigenvalue weighted by Crippen LogP contribution is -2.29. The van der Waals surface area contributed by atoms with Crippen molar-refractivity contribution in [2.45, 2.75) is 18.5 Å². The molecule has 0 aliphatic carbocycles. The van der Waals surface area contributed by atoms with Crippen LogP contribution in [0.3, 0.4) is 0 Å². The van der Waals surface area contributed by atoms with Crippen molar-refractivity contribution in [3.63, 3.8) is 0 Å². The van der Waals surface area contributed by atoms with E-state index in [1.807, 2.05) is 0 Å². The molecule has 0 amide bonds. The largest absolute Gasteiger partial charge is 0.455 e. The number of hydrogen-bond donors (Lipinski definition) is 0. The minimum atomic E-state index is -6.14. The van der Waals surface area contributed by atoms with Crippen LogP contribution < -0.4 is 15.7 Å². The third-order valence-corrected chi connectivity index (χ3v) is 6.54. The van der Waals surface area contributed by atoms with Gasteiger partial charge in [-0.3, -0.25) is 14.4 Å². The fourth-order valence-corrected chi connectivity index (χ4v) is 4.61. The number of carbonyl (C=O) groups excluding carboxylic acids is 3. The predicted molar refractivity (Wildman–Crippen MR) is 126 cm³/mol. The van der Waals surface area contributed by atoms with Gasteiger partial charge in [-0.2, -0.15) is 55.3 Å². The highest BCUT2D eigenvalue weighted by Crippen LogP contribution is 2.39. The molecule has 0 bridgehead atoms. The zero-order valence-corrected chi connectivity index (χ0v) is 22.1. The molecular formula is C27F15N3O4. The lowest BCUT2D eigenvalue weighted by atomic mass is 10.1. The molecule has 0 aliphatic rings. The molecule has 0 aliphatic heterocycles. The summed E-state index contributed by atoms with van der Waals surface area (Å²) in [6, 6.07) is 1.32. The molecule has 0 fully saturated rings. The molecule has 4 rings (SSSR count). The average Bonchev–Trinajstić information content (AvgIpc) is 3.40. The number of Topliss-reactive ketones (excluding diaryl/α,β-unsaturated/α-hetero) is 3. The van der Waals surface area contributed by atoms with E-state index in [0.717, 1.165) is 0 Å². The van der Waals surface area contributed by atoms with Crippen molar-refractivity contribution in [3.8, 4) is 18.2 Å². The maximum absolute atomic E-state index is 15.9. The molecule has 3 aromatic carbocycles. The van der Waals surface area contributed by atoms with Crippen LogP contribution in [-0.4, -0.2) is 35.9 Å². The van der Waals surface area contributed by atoms with Gasteiger partial charge in [-0.15, -0.1) is 0 Å². The molecule has 0 unspecified atom stereocenters. The van der Waals surface area contributed by atoms with Crippen LogP contribution >= 0.6 is 0 Å². The number of ketones is 3. The normalized spacial score (nSPS) is 14.4. The van der Waals surface area contributed by atoms with Gasteiger partial charge in [-0.1, -0.05) is 0 Å². The van der Waals surface area contributed by atoms with Crippen molar-refractivity contribution < 1.29 is 84.7 Å². The number of rotatable bonds is 3. The summed E-state index contributed by atoms with van der Waals surface area (Å²) in [6.45, 7) is 0. The van der Waals surface area contributed by atoms with Crippen molar-refractivity contribution in [1.82, 2.24) is 0 Å². The summed E-state index contributed by atoms with van der Waals surface area (Å²) in [5.74, 6) is -26.4. The Balaban J connectivity index is 2.62. The zero-order chi connectivity index (χ0) is 37.5. The van der Waals surface area contributed by atoms with E-state index in [1.54, 1.807) is 0 Å². The van der Waals surface area contributed by atoms with Gasteiger partial charge in [0.2, 0.25) is 0 Å². The van der Waals surface area contributed by atoms with Crippen LogP contribution in [0.2, 0.25) is 0 Å². The zero-order valence-electron chi connectivity index (χ0n) is 22.1. The Morgan fingerprint density at radius 3 is 0.878 bits per heavy atom. The molecule has 49 heavy (non-hydrogen) atoms. The topological polar surface area (TPSA) is 136 Å². The number of fused-ring (bicyclic) bond motifs is 5. The Labute approximate surface area is 255 Å². The summed E-state index contributed by atoms with van der Waals surface area (Å²) in [4.78, 5) is 35.4. The second kappa shape index (κ2) is 11.3. The third-order valence-electron chi connectivity index (χ3n) is 6.54. The highest BCUT2D eigenvalue weighted by atomic mass is 19.4. The first kappa shape index (κ1) is 35.7. The van der Waals surface area contributed by atoms with Crippen molar-refractivity contribution in [3.05, 3.63) is 50.6 Å². The van der Waals surface area contributed by atoms with Crippen LogP contribution in [0, 0.1) is 68.9 Å². The highest BCUT2D eigenvalue weighted by molar-refractivity contribution is 6.26. The number of carbonyl (C=O) groups is 3.